The van der Waals surface area contributed by atoms with Crippen LogP contribution in [0.5, 0.6) is 5.75 Å². The minimum absolute atomic E-state index is 0.127. The summed E-state index contributed by atoms with van der Waals surface area (Å²) >= 11 is 0. The Morgan fingerprint density at radius 1 is 1.30 bits per heavy atom. The molecule has 1 aliphatic heterocycles. The summed E-state index contributed by atoms with van der Waals surface area (Å²) in [5.74, 6) is 1.22. The van der Waals surface area contributed by atoms with E-state index in [-0.39, 0.29) is 11.8 Å². The molecule has 0 aromatic heterocycles. The highest BCUT2D eigenvalue weighted by Crippen LogP contribution is 2.19. The molecule has 0 bridgehead atoms. The Bertz CT molecular complexity index is 424. The van der Waals surface area contributed by atoms with E-state index < -0.39 is 0 Å². The van der Waals surface area contributed by atoms with Gasteiger partial charge in [0.1, 0.15) is 5.75 Å². The van der Waals surface area contributed by atoms with Gasteiger partial charge < -0.3 is 14.4 Å². The van der Waals surface area contributed by atoms with Crippen LogP contribution in [-0.2, 0) is 16.1 Å². The first kappa shape index (κ1) is 14.9. The van der Waals surface area contributed by atoms with Crippen molar-refractivity contribution in [2.45, 2.75) is 26.3 Å². The zero-order chi connectivity index (χ0) is 14.4. The zero-order valence-electron chi connectivity index (χ0n) is 12.3. The molecular weight excluding hydrogens is 254 g/mol. The first-order valence-corrected chi connectivity index (χ1v) is 7.24. The van der Waals surface area contributed by atoms with Gasteiger partial charge in [-0.15, -0.1) is 0 Å². The van der Waals surface area contributed by atoms with Crippen molar-refractivity contribution in [1.29, 1.82) is 0 Å². The Morgan fingerprint density at radius 3 is 2.50 bits per heavy atom. The van der Waals surface area contributed by atoms with Crippen molar-refractivity contribution in [2.75, 3.05) is 26.9 Å². The molecular formula is C16H23NO3. The third kappa shape index (κ3) is 3.73. The van der Waals surface area contributed by atoms with E-state index in [4.69, 9.17) is 9.47 Å². The molecule has 1 aromatic carbocycles. The van der Waals surface area contributed by atoms with Crippen molar-refractivity contribution in [2.24, 2.45) is 5.92 Å². The lowest BCUT2D eigenvalue weighted by Crippen LogP contribution is -2.38. The van der Waals surface area contributed by atoms with Crippen LogP contribution in [0.4, 0.5) is 0 Å². The molecule has 0 spiro atoms. The molecule has 0 radical (unpaired) electrons. The Labute approximate surface area is 120 Å². The van der Waals surface area contributed by atoms with Crippen LogP contribution in [0.15, 0.2) is 24.3 Å². The summed E-state index contributed by atoms with van der Waals surface area (Å²) in [6, 6.07) is 7.89. The fourth-order valence-electron chi connectivity index (χ4n) is 2.50. The highest BCUT2D eigenvalue weighted by atomic mass is 16.5. The van der Waals surface area contributed by atoms with Crippen molar-refractivity contribution in [3.8, 4) is 5.75 Å². The highest BCUT2D eigenvalue weighted by Gasteiger charge is 2.25. The third-order valence-electron chi connectivity index (χ3n) is 3.80. The molecule has 4 nitrogen and oxygen atoms in total. The molecule has 1 aromatic rings. The summed E-state index contributed by atoms with van der Waals surface area (Å²) in [7, 11) is 1.65. The molecule has 0 N–H and O–H groups in total. The van der Waals surface area contributed by atoms with Crippen LogP contribution in [0.2, 0.25) is 0 Å². The summed E-state index contributed by atoms with van der Waals surface area (Å²) in [4.78, 5) is 14.4. The third-order valence-corrected chi connectivity index (χ3v) is 3.80. The van der Waals surface area contributed by atoms with Crippen LogP contribution in [-0.4, -0.2) is 37.7 Å². The largest absolute Gasteiger partial charge is 0.497 e. The van der Waals surface area contributed by atoms with Gasteiger partial charge in [0.2, 0.25) is 5.91 Å². The molecule has 4 heteroatoms. The van der Waals surface area contributed by atoms with Crippen LogP contribution >= 0.6 is 0 Å². The van der Waals surface area contributed by atoms with Gasteiger partial charge in [0.15, 0.2) is 0 Å². The van der Waals surface area contributed by atoms with Gasteiger partial charge in [-0.3, -0.25) is 4.79 Å². The number of amides is 1. The smallest absolute Gasteiger partial charge is 0.226 e. The first-order chi connectivity index (χ1) is 9.74. The monoisotopic (exact) mass is 277 g/mol. The van der Waals surface area contributed by atoms with Gasteiger partial charge in [-0.25, -0.2) is 0 Å². The van der Waals surface area contributed by atoms with Crippen LogP contribution in [0.3, 0.4) is 0 Å². The standard InChI is InChI=1S/C16H23NO3/c1-3-17(16(18)14-8-10-20-11-9-14)12-13-4-6-15(19-2)7-5-13/h4-7,14H,3,8-12H2,1-2H3. The number of methoxy groups -OCH3 is 1. The van der Waals surface area contributed by atoms with E-state index >= 15 is 0 Å². The van der Waals surface area contributed by atoms with Crippen molar-refractivity contribution in [1.82, 2.24) is 4.90 Å². The van der Waals surface area contributed by atoms with Crippen LogP contribution in [0, 0.1) is 5.92 Å². The lowest BCUT2D eigenvalue weighted by Gasteiger charge is -2.28. The van der Waals surface area contributed by atoms with E-state index in [9.17, 15) is 4.79 Å². The van der Waals surface area contributed by atoms with E-state index in [0.717, 1.165) is 30.7 Å². The number of rotatable bonds is 5. The molecule has 0 unspecified atom stereocenters. The van der Waals surface area contributed by atoms with Crippen molar-refractivity contribution in [3.05, 3.63) is 29.8 Å². The van der Waals surface area contributed by atoms with Crippen molar-refractivity contribution < 1.29 is 14.3 Å². The normalized spacial score (nSPS) is 15.9. The Morgan fingerprint density at radius 2 is 1.95 bits per heavy atom. The molecule has 1 aliphatic rings. The predicted molar refractivity (Wildman–Crippen MR) is 77.6 cm³/mol. The average molecular weight is 277 g/mol. The fraction of sp³-hybridized carbons (Fsp3) is 0.562. The average Bonchev–Trinajstić information content (AvgIpc) is 2.53. The summed E-state index contributed by atoms with van der Waals surface area (Å²) in [5, 5.41) is 0. The fourth-order valence-corrected chi connectivity index (χ4v) is 2.50. The number of hydrogen-bond donors (Lipinski definition) is 0. The Kier molecular flexibility index (Phi) is 5.41. The van der Waals surface area contributed by atoms with Crippen molar-refractivity contribution in [3.63, 3.8) is 0 Å². The van der Waals surface area contributed by atoms with Gasteiger partial charge in [0, 0.05) is 32.2 Å². The topological polar surface area (TPSA) is 38.8 Å². The molecule has 1 heterocycles. The molecule has 1 amide bonds. The molecule has 110 valence electrons. The zero-order valence-corrected chi connectivity index (χ0v) is 12.3. The maximum Gasteiger partial charge on any atom is 0.226 e. The summed E-state index contributed by atoms with van der Waals surface area (Å²) in [6.07, 6.45) is 1.69. The first-order valence-electron chi connectivity index (χ1n) is 7.24. The number of carbonyl (C=O) groups is 1. The lowest BCUT2D eigenvalue weighted by molar-refractivity contribution is -0.138. The Hall–Kier alpha value is -1.55. The second-order valence-electron chi connectivity index (χ2n) is 5.09. The van der Waals surface area contributed by atoms with Gasteiger partial charge in [0.05, 0.1) is 7.11 Å². The summed E-state index contributed by atoms with van der Waals surface area (Å²) in [6.45, 7) is 4.84. The van der Waals surface area contributed by atoms with Gasteiger partial charge >= 0.3 is 0 Å². The molecule has 0 saturated carbocycles. The highest BCUT2D eigenvalue weighted by molar-refractivity contribution is 5.78. The van der Waals surface area contributed by atoms with Gasteiger partial charge in [-0.05, 0) is 37.5 Å². The maximum atomic E-state index is 12.5. The quantitative estimate of drug-likeness (QED) is 0.830. The number of hydrogen-bond acceptors (Lipinski definition) is 3. The minimum Gasteiger partial charge on any atom is -0.497 e. The number of carbonyl (C=O) groups excluding carboxylic acids is 1. The SMILES string of the molecule is CCN(Cc1ccc(OC)cc1)C(=O)C1CCOCC1. The molecule has 1 fully saturated rings. The second-order valence-corrected chi connectivity index (χ2v) is 5.09. The van der Waals surface area contributed by atoms with Crippen LogP contribution in [0.1, 0.15) is 25.3 Å². The molecule has 20 heavy (non-hydrogen) atoms. The summed E-state index contributed by atoms with van der Waals surface area (Å²) in [5.41, 5.74) is 1.13. The van der Waals surface area contributed by atoms with E-state index in [1.165, 1.54) is 0 Å². The van der Waals surface area contributed by atoms with E-state index in [0.29, 0.717) is 19.8 Å². The summed E-state index contributed by atoms with van der Waals surface area (Å²) < 4.78 is 10.5. The molecule has 0 aliphatic carbocycles. The van der Waals surface area contributed by atoms with Crippen LogP contribution < -0.4 is 4.74 Å². The van der Waals surface area contributed by atoms with Crippen molar-refractivity contribution >= 4 is 5.91 Å². The lowest BCUT2D eigenvalue weighted by atomic mass is 9.98. The molecule has 2 rings (SSSR count). The predicted octanol–water partition coefficient (Wildman–Crippen LogP) is 2.47. The van der Waals surface area contributed by atoms with Gasteiger partial charge in [-0.1, -0.05) is 12.1 Å². The number of benzene rings is 1. The Balaban J connectivity index is 1.97. The van der Waals surface area contributed by atoms with Gasteiger partial charge in [0.25, 0.3) is 0 Å². The number of nitrogens with zero attached hydrogens (tertiary/aromatic N) is 1. The van der Waals surface area contributed by atoms with E-state index in [1.54, 1.807) is 7.11 Å². The van der Waals surface area contributed by atoms with E-state index in [1.807, 2.05) is 36.1 Å². The van der Waals surface area contributed by atoms with E-state index in [2.05, 4.69) is 0 Å². The van der Waals surface area contributed by atoms with Gasteiger partial charge in [-0.2, -0.15) is 0 Å². The molecule has 0 atom stereocenters. The van der Waals surface area contributed by atoms with Crippen LogP contribution in [0.25, 0.3) is 0 Å². The second kappa shape index (κ2) is 7.29. The maximum absolute atomic E-state index is 12.5. The number of ether oxygens (including phenoxy) is 2. The minimum atomic E-state index is 0.127. The molecule has 1 saturated heterocycles.